The van der Waals surface area contributed by atoms with E-state index in [1.807, 2.05) is 0 Å². The van der Waals surface area contributed by atoms with Crippen molar-refractivity contribution in [1.29, 1.82) is 0 Å². The van der Waals surface area contributed by atoms with Gasteiger partial charge in [0.05, 0.1) is 12.1 Å². The maximum Gasteiger partial charge on any atom is 0.414 e. The van der Waals surface area contributed by atoms with E-state index < -0.39 is 24.1 Å². The van der Waals surface area contributed by atoms with Gasteiger partial charge in [0.25, 0.3) is 0 Å². The van der Waals surface area contributed by atoms with E-state index in [9.17, 15) is 14.4 Å². The summed E-state index contributed by atoms with van der Waals surface area (Å²) in [5.41, 5.74) is 12.1. The average Bonchev–Trinajstić information content (AvgIpc) is 3.03. The number of anilines is 1. The molecular formula is C19H19ClN4O4S. The molecule has 0 saturated carbocycles. The second-order valence-electron chi connectivity index (χ2n) is 6.68. The van der Waals surface area contributed by atoms with Crippen molar-refractivity contribution in [3.8, 4) is 0 Å². The van der Waals surface area contributed by atoms with E-state index in [1.165, 1.54) is 11.0 Å². The minimum atomic E-state index is -0.637. The molecule has 1 saturated heterocycles. The summed E-state index contributed by atoms with van der Waals surface area (Å²) in [5.74, 6) is -0.966. The van der Waals surface area contributed by atoms with Crippen LogP contribution in [0.5, 0.6) is 0 Å². The van der Waals surface area contributed by atoms with Crippen LogP contribution in [-0.4, -0.2) is 35.5 Å². The number of cyclic esters (lactones) is 1. The standard InChI is InChI=1S/C19H19ClN4O4S/c20-12-5-11(16(29)15(7-12)17(21)25)6-14-9-24(19(27)28-14)13-3-1-10(2-4-13)8-23-18(22)26/h1-5,7,11,14H,6,8-9H2,(H2,21,25)(H3,22,23,26). The van der Waals surface area contributed by atoms with E-state index in [-0.39, 0.29) is 11.5 Å². The van der Waals surface area contributed by atoms with Crippen LogP contribution in [0.1, 0.15) is 12.0 Å². The number of carbonyl (C=O) groups is 3. The van der Waals surface area contributed by atoms with E-state index in [0.717, 1.165) is 5.56 Å². The van der Waals surface area contributed by atoms with Crippen molar-refractivity contribution in [1.82, 2.24) is 5.32 Å². The number of urea groups is 1. The molecule has 2 aliphatic rings. The van der Waals surface area contributed by atoms with Crippen LogP contribution in [0.25, 0.3) is 0 Å². The minimum absolute atomic E-state index is 0.207. The summed E-state index contributed by atoms with van der Waals surface area (Å²) in [6.45, 7) is 0.628. The van der Waals surface area contributed by atoms with E-state index >= 15 is 0 Å². The predicted octanol–water partition coefficient (Wildman–Crippen LogP) is 2.10. The zero-order valence-electron chi connectivity index (χ0n) is 15.3. The Kier molecular flexibility index (Phi) is 6.19. The van der Waals surface area contributed by atoms with E-state index in [0.29, 0.717) is 35.1 Å². The summed E-state index contributed by atoms with van der Waals surface area (Å²) < 4.78 is 5.47. The Balaban J connectivity index is 1.65. The molecule has 1 aliphatic heterocycles. The number of primary amides is 2. The number of ether oxygens (including phenoxy) is 1. The van der Waals surface area contributed by atoms with E-state index in [4.69, 9.17) is 40.0 Å². The Hall–Kier alpha value is -2.91. The Morgan fingerprint density at radius 1 is 1.28 bits per heavy atom. The number of hydrogen-bond acceptors (Lipinski definition) is 5. The van der Waals surface area contributed by atoms with Crippen molar-refractivity contribution >= 4 is 52.4 Å². The predicted molar refractivity (Wildman–Crippen MR) is 112 cm³/mol. The number of nitrogens with zero attached hydrogens (tertiary/aromatic N) is 1. The fraction of sp³-hybridized carbons (Fsp3) is 0.263. The maximum atomic E-state index is 12.3. The third-order valence-electron chi connectivity index (χ3n) is 4.62. The lowest BCUT2D eigenvalue weighted by molar-refractivity contribution is -0.114. The Morgan fingerprint density at radius 3 is 2.59 bits per heavy atom. The molecular weight excluding hydrogens is 416 g/mol. The summed E-state index contributed by atoms with van der Waals surface area (Å²) in [7, 11) is 0. The van der Waals surface area contributed by atoms with E-state index in [2.05, 4.69) is 5.32 Å². The van der Waals surface area contributed by atoms with Crippen molar-refractivity contribution in [2.45, 2.75) is 19.1 Å². The Labute approximate surface area is 177 Å². The number of benzene rings is 1. The van der Waals surface area contributed by atoms with Crippen LogP contribution in [0.2, 0.25) is 0 Å². The van der Waals surface area contributed by atoms with Gasteiger partial charge in [-0.3, -0.25) is 9.69 Å². The first kappa shape index (κ1) is 20.8. The molecule has 152 valence electrons. The SMILES string of the molecule is NC(=O)NCc1ccc(N2CC(CC3C=C(Cl)C=C(C(N)=O)C3=S)OC2=O)cc1. The molecule has 10 heteroatoms. The normalized spacial score (nSPS) is 21.3. The highest BCUT2D eigenvalue weighted by molar-refractivity contribution is 7.81. The summed E-state index contributed by atoms with van der Waals surface area (Å²) in [6, 6.07) is 6.49. The van der Waals surface area contributed by atoms with E-state index in [1.54, 1.807) is 30.3 Å². The van der Waals surface area contributed by atoms with Crippen LogP contribution in [-0.2, 0) is 16.1 Å². The lowest BCUT2D eigenvalue weighted by Crippen LogP contribution is -2.30. The van der Waals surface area contributed by atoms with Crippen molar-refractivity contribution in [3.63, 3.8) is 0 Å². The van der Waals surface area contributed by atoms with Crippen molar-refractivity contribution in [3.05, 3.63) is 52.6 Å². The topological polar surface area (TPSA) is 128 Å². The molecule has 4 amide bonds. The van der Waals surface area contributed by atoms with Crippen molar-refractivity contribution < 1.29 is 19.1 Å². The van der Waals surface area contributed by atoms with Gasteiger partial charge in [0.15, 0.2) is 0 Å². The number of rotatable bonds is 6. The summed E-state index contributed by atoms with van der Waals surface area (Å²) >= 11 is 11.4. The number of halogens is 1. The number of thiocarbonyl (C=S) groups is 1. The number of allylic oxidation sites excluding steroid dienone is 3. The second kappa shape index (κ2) is 8.62. The van der Waals surface area contributed by atoms with Crippen LogP contribution in [0.4, 0.5) is 15.3 Å². The largest absolute Gasteiger partial charge is 0.444 e. The smallest absolute Gasteiger partial charge is 0.414 e. The highest BCUT2D eigenvalue weighted by Crippen LogP contribution is 2.30. The number of carbonyl (C=O) groups excluding carboxylic acids is 3. The van der Waals surface area contributed by atoms with Crippen LogP contribution in [0, 0.1) is 5.92 Å². The molecule has 2 atom stereocenters. The van der Waals surface area contributed by atoms with Gasteiger partial charge >= 0.3 is 12.1 Å². The number of amides is 4. The molecule has 1 heterocycles. The lowest BCUT2D eigenvalue weighted by Gasteiger charge is -2.21. The molecule has 29 heavy (non-hydrogen) atoms. The molecule has 2 unspecified atom stereocenters. The average molecular weight is 435 g/mol. The van der Waals surface area contributed by atoms with Crippen molar-refractivity contribution in [2.75, 3.05) is 11.4 Å². The lowest BCUT2D eigenvalue weighted by atomic mass is 9.89. The highest BCUT2D eigenvalue weighted by Gasteiger charge is 2.35. The first-order valence-electron chi connectivity index (χ1n) is 8.78. The van der Waals surface area contributed by atoms with Gasteiger partial charge in [0, 0.05) is 28.0 Å². The molecule has 1 fully saturated rings. The highest BCUT2D eigenvalue weighted by atomic mass is 35.5. The number of nitrogens with two attached hydrogens (primary N) is 2. The van der Waals surface area contributed by atoms with Gasteiger partial charge < -0.3 is 21.5 Å². The molecule has 1 aliphatic carbocycles. The molecule has 8 nitrogen and oxygen atoms in total. The second-order valence-corrected chi connectivity index (χ2v) is 7.56. The van der Waals surface area contributed by atoms with Gasteiger partial charge in [-0.1, -0.05) is 42.0 Å². The fourth-order valence-electron chi connectivity index (χ4n) is 3.21. The van der Waals surface area contributed by atoms with Crippen molar-refractivity contribution in [2.24, 2.45) is 17.4 Å². The van der Waals surface area contributed by atoms with Gasteiger partial charge in [0.1, 0.15) is 6.10 Å². The Morgan fingerprint density at radius 2 is 1.97 bits per heavy atom. The summed E-state index contributed by atoms with van der Waals surface area (Å²) in [4.78, 5) is 36.6. The van der Waals surface area contributed by atoms with Crippen LogP contribution in [0.3, 0.4) is 0 Å². The first-order chi connectivity index (χ1) is 13.7. The molecule has 5 N–H and O–H groups in total. The van der Waals surface area contributed by atoms with Gasteiger partial charge in [-0.15, -0.1) is 0 Å². The van der Waals surface area contributed by atoms with Gasteiger partial charge in [-0.25, -0.2) is 9.59 Å². The third-order valence-corrected chi connectivity index (χ3v) is 5.37. The molecule has 1 aromatic rings. The van der Waals surface area contributed by atoms with Gasteiger partial charge in [-0.05, 0) is 30.2 Å². The summed E-state index contributed by atoms with van der Waals surface area (Å²) in [6.07, 6.45) is 2.68. The molecule has 1 aromatic carbocycles. The zero-order valence-corrected chi connectivity index (χ0v) is 16.8. The molecule has 3 rings (SSSR count). The van der Waals surface area contributed by atoms with Gasteiger partial charge in [-0.2, -0.15) is 0 Å². The zero-order chi connectivity index (χ0) is 21.1. The molecule has 0 aromatic heterocycles. The third kappa shape index (κ3) is 4.93. The number of hydrogen-bond donors (Lipinski definition) is 3. The Bertz CT molecular complexity index is 929. The van der Waals surface area contributed by atoms with Crippen LogP contribution in [0.15, 0.2) is 47.0 Å². The fourth-order valence-corrected chi connectivity index (χ4v) is 3.80. The molecule has 0 bridgehead atoms. The minimum Gasteiger partial charge on any atom is -0.444 e. The van der Waals surface area contributed by atoms with Crippen LogP contribution >= 0.6 is 23.8 Å². The molecule has 0 radical (unpaired) electrons. The van der Waals surface area contributed by atoms with Gasteiger partial charge in [0.2, 0.25) is 5.91 Å². The molecule has 0 spiro atoms. The monoisotopic (exact) mass is 434 g/mol. The quantitative estimate of drug-likeness (QED) is 0.591. The summed E-state index contributed by atoms with van der Waals surface area (Å²) in [5, 5.41) is 2.87. The maximum absolute atomic E-state index is 12.3. The number of nitrogens with one attached hydrogen (secondary N) is 1. The first-order valence-corrected chi connectivity index (χ1v) is 9.56. The van der Waals surface area contributed by atoms with Crippen LogP contribution < -0.4 is 21.7 Å².